The summed E-state index contributed by atoms with van der Waals surface area (Å²) in [5.41, 5.74) is 12.2. The molecule has 0 saturated carbocycles. The summed E-state index contributed by atoms with van der Waals surface area (Å²) in [6, 6.07) is 54.7. The van der Waals surface area contributed by atoms with Gasteiger partial charge < -0.3 is 0 Å². The van der Waals surface area contributed by atoms with Gasteiger partial charge in [0.2, 0.25) is 0 Å². The Morgan fingerprint density at radius 3 is 1.81 bits per heavy atom. The number of nitrogens with zero attached hydrogens (tertiary/aromatic N) is 1. The van der Waals surface area contributed by atoms with Crippen molar-refractivity contribution in [3.05, 3.63) is 229 Å². The topological polar surface area (TPSA) is 12.9 Å². The molecule has 8 rings (SSSR count). The molecule has 0 aliphatic heterocycles. The highest BCUT2D eigenvalue weighted by atomic mass is 14.6. The molecular formula is C56H43N. The third kappa shape index (κ3) is 7.81. The highest BCUT2D eigenvalue weighted by Crippen LogP contribution is 2.41. The number of hydrogen-bond donors (Lipinski definition) is 0. The third-order valence-corrected chi connectivity index (χ3v) is 10.6. The molecule has 0 atom stereocenters. The molecule has 57 heavy (non-hydrogen) atoms. The van der Waals surface area contributed by atoms with E-state index in [1.807, 2.05) is 44.4 Å². The van der Waals surface area contributed by atoms with Crippen LogP contribution in [0.1, 0.15) is 25.0 Å². The lowest BCUT2D eigenvalue weighted by atomic mass is 9.88. The lowest BCUT2D eigenvalue weighted by Gasteiger charge is -2.15. The molecule has 0 fully saturated rings. The molecule has 0 saturated heterocycles. The number of pyridine rings is 1. The molecule has 0 radical (unpaired) electrons. The Balaban J connectivity index is 1.24. The van der Waals surface area contributed by atoms with Crippen LogP contribution in [0.2, 0.25) is 0 Å². The maximum Gasteiger partial charge on any atom is 0.0321 e. The fourth-order valence-electron chi connectivity index (χ4n) is 7.77. The number of allylic oxidation sites excluding steroid dienone is 10. The summed E-state index contributed by atoms with van der Waals surface area (Å²) in [4.78, 5) is 4.20. The molecule has 272 valence electrons. The zero-order valence-electron chi connectivity index (χ0n) is 32.4. The average Bonchev–Trinajstić information content (AvgIpc) is 3.28. The zero-order valence-corrected chi connectivity index (χ0v) is 32.4. The largest absolute Gasteiger partial charge is 0.265 e. The number of rotatable bonds is 10. The summed E-state index contributed by atoms with van der Waals surface area (Å²) in [6.45, 7) is 4.07. The summed E-state index contributed by atoms with van der Waals surface area (Å²) in [6.07, 6.45) is 25.6. The first kappa shape index (κ1) is 36.7. The summed E-state index contributed by atoms with van der Waals surface area (Å²) in [5.74, 6) is 3.03. The van der Waals surface area contributed by atoms with E-state index in [4.69, 9.17) is 6.42 Å². The molecule has 0 N–H and O–H groups in total. The van der Waals surface area contributed by atoms with Gasteiger partial charge in [-0.1, -0.05) is 164 Å². The van der Waals surface area contributed by atoms with Crippen molar-refractivity contribution in [1.29, 1.82) is 0 Å². The maximum absolute atomic E-state index is 6.32. The average molecular weight is 730 g/mol. The Hall–Kier alpha value is -7.27. The van der Waals surface area contributed by atoms with Gasteiger partial charge in [0.05, 0.1) is 0 Å². The molecule has 1 heteroatoms. The quantitative estimate of drug-likeness (QED) is 0.0776. The van der Waals surface area contributed by atoms with E-state index in [0.717, 1.165) is 39.8 Å². The highest BCUT2D eigenvalue weighted by Gasteiger charge is 2.14. The molecule has 8 aromatic rings. The van der Waals surface area contributed by atoms with Crippen molar-refractivity contribution in [2.75, 3.05) is 0 Å². The smallest absolute Gasteiger partial charge is 0.0321 e. The van der Waals surface area contributed by atoms with Gasteiger partial charge >= 0.3 is 0 Å². The van der Waals surface area contributed by atoms with Gasteiger partial charge in [-0.05, 0) is 145 Å². The zero-order chi connectivity index (χ0) is 39.0. The van der Waals surface area contributed by atoms with Crippen LogP contribution in [-0.2, 0) is 6.42 Å². The van der Waals surface area contributed by atoms with Gasteiger partial charge in [-0.25, -0.2) is 0 Å². The lowest BCUT2D eigenvalue weighted by molar-refractivity contribution is 1.20. The van der Waals surface area contributed by atoms with E-state index in [1.165, 1.54) is 60.1 Å². The van der Waals surface area contributed by atoms with Gasteiger partial charge in [0.25, 0.3) is 0 Å². The molecule has 1 heterocycles. The van der Waals surface area contributed by atoms with E-state index < -0.39 is 0 Å². The summed E-state index contributed by atoms with van der Waals surface area (Å²) in [7, 11) is 0. The Morgan fingerprint density at radius 2 is 1.14 bits per heavy atom. The van der Waals surface area contributed by atoms with Crippen molar-refractivity contribution in [3.8, 4) is 45.7 Å². The first-order chi connectivity index (χ1) is 28.1. The normalized spacial score (nSPS) is 12.6. The molecule has 1 nitrogen and oxygen atoms in total. The van der Waals surface area contributed by atoms with Gasteiger partial charge in [0.1, 0.15) is 0 Å². The molecule has 1 aromatic heterocycles. The van der Waals surface area contributed by atoms with E-state index in [2.05, 4.69) is 187 Å². The molecule has 7 aromatic carbocycles. The van der Waals surface area contributed by atoms with Crippen molar-refractivity contribution >= 4 is 37.9 Å². The van der Waals surface area contributed by atoms with Gasteiger partial charge in [-0.2, -0.15) is 0 Å². The summed E-state index contributed by atoms with van der Waals surface area (Å²) in [5, 5.41) is 7.55. The van der Waals surface area contributed by atoms with Crippen LogP contribution >= 0.6 is 0 Å². The van der Waals surface area contributed by atoms with Crippen molar-refractivity contribution in [2.45, 2.75) is 20.3 Å². The maximum atomic E-state index is 6.32. The minimum Gasteiger partial charge on any atom is -0.265 e. The first-order valence-corrected chi connectivity index (χ1v) is 19.5. The fourth-order valence-corrected chi connectivity index (χ4v) is 7.77. The van der Waals surface area contributed by atoms with Crippen LogP contribution in [0.3, 0.4) is 0 Å². The number of aromatic nitrogens is 1. The van der Waals surface area contributed by atoms with Crippen LogP contribution in [-0.4, -0.2) is 4.98 Å². The van der Waals surface area contributed by atoms with Crippen LogP contribution in [0.15, 0.2) is 218 Å². The highest BCUT2D eigenvalue weighted by molar-refractivity contribution is 6.26. The molecule has 0 aliphatic rings. The second-order valence-electron chi connectivity index (χ2n) is 14.1. The number of hydrogen-bond acceptors (Lipinski definition) is 1. The van der Waals surface area contributed by atoms with Gasteiger partial charge in [0, 0.05) is 18.0 Å². The van der Waals surface area contributed by atoms with E-state index in [0.29, 0.717) is 0 Å². The Kier molecular flexibility index (Phi) is 11.0. The predicted molar refractivity (Wildman–Crippen MR) is 246 cm³/mol. The standard InChI is InChI=1S/C56H43N/c1-4-7-17-42(16-5-2)45(27-26-40-32-34-57-35-33-40)36-41(6-3)44-20-15-21-47(37-44)49-22-11-12-23-50(49)48-29-31-54-52-25-14-13-24-51(52)53-30-28-46(38-55(53)56(54)39-48)43-18-9-8-10-19-43/h3-5,7-25,27-39H,26H2,1-2H3/b7-4-,16-5-,41-36+,42-17+,45-27+. The van der Waals surface area contributed by atoms with Crippen LogP contribution < -0.4 is 0 Å². The van der Waals surface area contributed by atoms with E-state index in [-0.39, 0.29) is 0 Å². The Labute approximate surface area is 336 Å². The van der Waals surface area contributed by atoms with Gasteiger partial charge in [-0.3, -0.25) is 4.98 Å². The SMILES string of the molecule is C#C\C(=C/C(=C\Cc1ccncc1)C(/C=C\C)=C/C=C\C)c1cccc(-c2ccccc2-c2ccc3c4ccccc4c4ccc(-c5ccccc5)cc4c3c2)c1. The minimum atomic E-state index is 0.759. The minimum absolute atomic E-state index is 0.759. The van der Waals surface area contributed by atoms with Gasteiger partial charge in [-0.15, -0.1) is 6.42 Å². The molecule has 0 spiro atoms. The molecule has 0 amide bonds. The molecule has 0 aliphatic carbocycles. The third-order valence-electron chi connectivity index (χ3n) is 10.6. The fraction of sp³-hybridized carbons (Fsp3) is 0.0536. The number of terminal acetylenes is 1. The second kappa shape index (κ2) is 17.0. The second-order valence-corrected chi connectivity index (χ2v) is 14.1. The van der Waals surface area contributed by atoms with Crippen LogP contribution in [0.4, 0.5) is 0 Å². The van der Waals surface area contributed by atoms with Crippen molar-refractivity contribution in [2.24, 2.45) is 0 Å². The van der Waals surface area contributed by atoms with Crippen molar-refractivity contribution < 1.29 is 0 Å². The van der Waals surface area contributed by atoms with Crippen molar-refractivity contribution in [1.82, 2.24) is 4.98 Å². The first-order valence-electron chi connectivity index (χ1n) is 19.5. The van der Waals surface area contributed by atoms with E-state index >= 15 is 0 Å². The predicted octanol–water partition coefficient (Wildman–Crippen LogP) is 14.8. The number of benzene rings is 7. The van der Waals surface area contributed by atoms with E-state index in [1.54, 1.807) is 0 Å². The number of fused-ring (bicyclic) bond motifs is 6. The van der Waals surface area contributed by atoms with Crippen LogP contribution in [0.25, 0.3) is 71.3 Å². The molecule has 0 bridgehead atoms. The molecular weight excluding hydrogens is 687 g/mol. The summed E-state index contributed by atoms with van der Waals surface area (Å²) >= 11 is 0. The van der Waals surface area contributed by atoms with Gasteiger partial charge in [0.15, 0.2) is 0 Å². The Morgan fingerprint density at radius 1 is 0.544 bits per heavy atom. The Bertz CT molecular complexity index is 2930. The molecule has 0 unspecified atom stereocenters. The van der Waals surface area contributed by atoms with Crippen LogP contribution in [0.5, 0.6) is 0 Å². The lowest BCUT2D eigenvalue weighted by Crippen LogP contribution is -1.92. The monoisotopic (exact) mass is 729 g/mol. The van der Waals surface area contributed by atoms with Crippen LogP contribution in [0, 0.1) is 12.3 Å². The summed E-state index contributed by atoms with van der Waals surface area (Å²) < 4.78 is 0. The van der Waals surface area contributed by atoms with E-state index in [9.17, 15) is 0 Å². The van der Waals surface area contributed by atoms with Crippen molar-refractivity contribution in [3.63, 3.8) is 0 Å².